The van der Waals surface area contributed by atoms with Gasteiger partial charge in [-0.2, -0.15) is 0 Å². The molecule has 0 unspecified atom stereocenters. The van der Waals surface area contributed by atoms with Gasteiger partial charge in [-0.25, -0.2) is 0 Å². The summed E-state index contributed by atoms with van der Waals surface area (Å²) in [7, 11) is 0. The molecular weight excluding hydrogens is 256 g/mol. The fourth-order valence-corrected chi connectivity index (χ4v) is 2.24. The monoisotopic (exact) mass is 276 g/mol. The number of nitrogens with one attached hydrogen (secondary N) is 1. The van der Waals surface area contributed by atoms with E-state index in [9.17, 15) is 9.59 Å². The van der Waals surface area contributed by atoms with Crippen LogP contribution in [0, 0.1) is 0 Å². The number of hydrogen-bond acceptors (Lipinski definition) is 3. The molecule has 5 nitrogen and oxygen atoms in total. The predicted molar refractivity (Wildman–Crippen MR) is 76.8 cm³/mol. The lowest BCUT2D eigenvalue weighted by Crippen LogP contribution is -2.31. The van der Waals surface area contributed by atoms with Gasteiger partial charge in [0.2, 0.25) is 11.8 Å². The minimum absolute atomic E-state index is 0.0593. The number of anilines is 1. The van der Waals surface area contributed by atoms with Gasteiger partial charge >= 0.3 is 0 Å². The molecule has 0 radical (unpaired) electrons. The number of fused-ring (bicyclic) bond motifs is 1. The highest BCUT2D eigenvalue weighted by Crippen LogP contribution is 2.28. The lowest BCUT2D eigenvalue weighted by molar-refractivity contribution is -0.130. The average Bonchev–Trinajstić information content (AvgIpc) is 2.60. The predicted octanol–water partition coefficient (Wildman–Crippen LogP) is 1.82. The number of ether oxygens (including phenoxy) is 1. The Morgan fingerprint density at radius 1 is 1.35 bits per heavy atom. The van der Waals surface area contributed by atoms with Crippen LogP contribution in [0.1, 0.15) is 25.8 Å². The Kier molecular flexibility index (Phi) is 4.61. The molecule has 1 aliphatic heterocycles. The highest BCUT2D eigenvalue weighted by Gasteiger charge is 2.16. The van der Waals surface area contributed by atoms with Crippen molar-refractivity contribution in [3.63, 3.8) is 0 Å². The van der Waals surface area contributed by atoms with Crippen LogP contribution in [0.25, 0.3) is 0 Å². The minimum atomic E-state index is -0.0593. The number of hydrogen-bond donors (Lipinski definition) is 1. The summed E-state index contributed by atoms with van der Waals surface area (Å²) in [6.07, 6.45) is 0.688. The zero-order chi connectivity index (χ0) is 14.5. The van der Waals surface area contributed by atoms with Crippen molar-refractivity contribution in [3.05, 3.63) is 23.8 Å². The topological polar surface area (TPSA) is 58.6 Å². The van der Waals surface area contributed by atoms with Crippen LogP contribution in [0.4, 0.5) is 5.69 Å². The number of rotatable bonds is 4. The van der Waals surface area contributed by atoms with Gasteiger partial charge in [-0.3, -0.25) is 9.59 Å². The Morgan fingerprint density at radius 2 is 2.10 bits per heavy atom. The number of carbonyl (C=O) groups is 2. The average molecular weight is 276 g/mol. The summed E-state index contributed by atoms with van der Waals surface area (Å²) in [5.41, 5.74) is 1.53. The van der Waals surface area contributed by atoms with Crippen LogP contribution in [0.3, 0.4) is 0 Å². The van der Waals surface area contributed by atoms with Crippen LogP contribution in [0.2, 0.25) is 0 Å². The molecule has 1 aliphatic rings. The fourth-order valence-electron chi connectivity index (χ4n) is 2.24. The molecule has 1 aromatic rings. The first kappa shape index (κ1) is 14.4. The van der Waals surface area contributed by atoms with E-state index in [1.54, 1.807) is 4.90 Å². The van der Waals surface area contributed by atoms with Gasteiger partial charge in [0.15, 0.2) is 0 Å². The van der Waals surface area contributed by atoms with Gasteiger partial charge in [0.1, 0.15) is 5.75 Å². The van der Waals surface area contributed by atoms with Gasteiger partial charge in [0.05, 0.1) is 25.1 Å². The van der Waals surface area contributed by atoms with E-state index >= 15 is 0 Å². The highest BCUT2D eigenvalue weighted by atomic mass is 16.5. The first-order chi connectivity index (χ1) is 9.63. The van der Waals surface area contributed by atoms with Crippen molar-refractivity contribution in [2.45, 2.75) is 26.7 Å². The summed E-state index contributed by atoms with van der Waals surface area (Å²) in [6, 6.07) is 5.50. The van der Waals surface area contributed by atoms with Crippen molar-refractivity contribution in [2.24, 2.45) is 0 Å². The first-order valence-corrected chi connectivity index (χ1v) is 6.97. The third-order valence-corrected chi connectivity index (χ3v) is 3.38. The molecule has 1 aromatic carbocycles. The normalized spacial score (nSPS) is 13.8. The SMILES string of the molecule is CCN(CC)C(=O)Cc1ccc2c(c1)NC(=O)CCO2. The molecule has 0 spiro atoms. The van der Waals surface area contributed by atoms with Gasteiger partial charge in [0, 0.05) is 13.1 Å². The zero-order valence-electron chi connectivity index (χ0n) is 11.9. The van der Waals surface area contributed by atoms with E-state index in [1.807, 2.05) is 32.0 Å². The molecule has 0 aliphatic carbocycles. The molecule has 0 atom stereocenters. The van der Waals surface area contributed by atoms with E-state index in [1.165, 1.54) is 0 Å². The Morgan fingerprint density at radius 3 is 2.80 bits per heavy atom. The third-order valence-electron chi connectivity index (χ3n) is 3.38. The molecule has 0 aromatic heterocycles. The molecule has 2 rings (SSSR count). The summed E-state index contributed by atoms with van der Waals surface area (Å²) < 4.78 is 5.49. The van der Waals surface area contributed by atoms with E-state index in [0.717, 1.165) is 5.56 Å². The van der Waals surface area contributed by atoms with E-state index in [-0.39, 0.29) is 11.8 Å². The summed E-state index contributed by atoms with van der Waals surface area (Å²) in [5.74, 6) is 0.696. The molecule has 0 fully saturated rings. The van der Waals surface area contributed by atoms with E-state index in [2.05, 4.69) is 5.32 Å². The summed E-state index contributed by atoms with van der Waals surface area (Å²) in [5, 5.41) is 2.80. The Bertz CT molecular complexity index is 510. The molecule has 1 N–H and O–H groups in total. The van der Waals surface area contributed by atoms with Crippen LogP contribution >= 0.6 is 0 Å². The van der Waals surface area contributed by atoms with Crippen LogP contribution < -0.4 is 10.1 Å². The van der Waals surface area contributed by atoms with E-state index in [4.69, 9.17) is 4.74 Å². The molecular formula is C15H20N2O3. The van der Waals surface area contributed by atoms with Crippen molar-refractivity contribution in [2.75, 3.05) is 25.0 Å². The second kappa shape index (κ2) is 6.41. The van der Waals surface area contributed by atoms with Crippen LogP contribution in [0.15, 0.2) is 18.2 Å². The van der Waals surface area contributed by atoms with Gasteiger partial charge in [-0.05, 0) is 31.5 Å². The number of likely N-dealkylation sites (N-methyl/N-ethyl adjacent to an activating group) is 1. The van der Waals surface area contributed by atoms with E-state index in [0.29, 0.717) is 44.0 Å². The molecule has 108 valence electrons. The zero-order valence-corrected chi connectivity index (χ0v) is 11.9. The van der Waals surface area contributed by atoms with Crippen molar-refractivity contribution in [1.82, 2.24) is 4.90 Å². The van der Waals surface area contributed by atoms with Gasteiger partial charge < -0.3 is 15.0 Å². The second-order valence-electron chi connectivity index (χ2n) is 4.72. The molecule has 0 saturated heterocycles. The maximum Gasteiger partial charge on any atom is 0.227 e. The van der Waals surface area contributed by atoms with Gasteiger partial charge in [0.25, 0.3) is 0 Å². The molecule has 2 amide bonds. The number of amides is 2. The minimum Gasteiger partial charge on any atom is -0.491 e. The number of nitrogens with zero attached hydrogens (tertiary/aromatic N) is 1. The summed E-state index contributed by atoms with van der Waals surface area (Å²) in [4.78, 5) is 25.4. The van der Waals surface area contributed by atoms with Crippen molar-refractivity contribution in [1.29, 1.82) is 0 Å². The van der Waals surface area contributed by atoms with Crippen molar-refractivity contribution < 1.29 is 14.3 Å². The van der Waals surface area contributed by atoms with Gasteiger partial charge in [-0.15, -0.1) is 0 Å². The van der Waals surface area contributed by atoms with Crippen molar-refractivity contribution in [3.8, 4) is 5.75 Å². The Hall–Kier alpha value is -2.04. The smallest absolute Gasteiger partial charge is 0.227 e. The van der Waals surface area contributed by atoms with Crippen LogP contribution in [0.5, 0.6) is 5.75 Å². The molecule has 0 bridgehead atoms. The third kappa shape index (κ3) is 3.29. The second-order valence-corrected chi connectivity index (χ2v) is 4.72. The molecule has 5 heteroatoms. The first-order valence-electron chi connectivity index (χ1n) is 6.97. The number of benzene rings is 1. The molecule has 1 heterocycles. The molecule has 20 heavy (non-hydrogen) atoms. The van der Waals surface area contributed by atoms with Crippen LogP contribution in [-0.4, -0.2) is 36.4 Å². The maximum absolute atomic E-state index is 12.1. The quantitative estimate of drug-likeness (QED) is 0.912. The summed E-state index contributed by atoms with van der Waals surface area (Å²) >= 11 is 0. The Balaban J connectivity index is 2.14. The maximum atomic E-state index is 12.1. The summed E-state index contributed by atoms with van der Waals surface area (Å²) in [6.45, 7) is 5.73. The lowest BCUT2D eigenvalue weighted by atomic mass is 10.1. The largest absolute Gasteiger partial charge is 0.491 e. The number of carbonyl (C=O) groups excluding carboxylic acids is 2. The van der Waals surface area contributed by atoms with Crippen LogP contribution in [-0.2, 0) is 16.0 Å². The van der Waals surface area contributed by atoms with Gasteiger partial charge in [-0.1, -0.05) is 6.07 Å². The van der Waals surface area contributed by atoms with Crippen molar-refractivity contribution >= 4 is 17.5 Å². The molecule has 0 saturated carbocycles. The lowest BCUT2D eigenvalue weighted by Gasteiger charge is -2.19. The fraction of sp³-hybridized carbons (Fsp3) is 0.467. The Labute approximate surface area is 118 Å². The standard InChI is InChI=1S/C15H20N2O3/c1-3-17(4-2)15(19)10-11-5-6-13-12(9-11)16-14(18)7-8-20-13/h5-6,9H,3-4,7-8,10H2,1-2H3,(H,16,18). The van der Waals surface area contributed by atoms with E-state index < -0.39 is 0 Å². The highest BCUT2D eigenvalue weighted by molar-refractivity contribution is 5.93.